The van der Waals surface area contributed by atoms with Gasteiger partial charge >= 0.3 is 0 Å². The maximum atomic E-state index is 12.1. The molecule has 6 heteroatoms. The number of hydrogen-bond donors (Lipinski definition) is 1. The predicted molar refractivity (Wildman–Crippen MR) is 88.6 cm³/mol. The van der Waals surface area contributed by atoms with Gasteiger partial charge in [-0.15, -0.1) is 0 Å². The molecular formula is C16H24N2O3S. The highest BCUT2D eigenvalue weighted by atomic mass is 32.2. The second kappa shape index (κ2) is 7.13. The first-order valence-corrected chi connectivity index (χ1v) is 9.40. The smallest absolute Gasteiger partial charge is 0.251 e. The maximum Gasteiger partial charge on any atom is 0.251 e. The van der Waals surface area contributed by atoms with Crippen molar-refractivity contribution in [2.75, 3.05) is 23.1 Å². The van der Waals surface area contributed by atoms with Gasteiger partial charge in [0.25, 0.3) is 5.91 Å². The number of nitrogens with one attached hydrogen (secondary N) is 1. The van der Waals surface area contributed by atoms with Gasteiger partial charge in [0.05, 0.1) is 11.4 Å². The van der Waals surface area contributed by atoms with Gasteiger partial charge in [0.2, 0.25) is 10.0 Å². The van der Waals surface area contributed by atoms with Crippen LogP contribution >= 0.6 is 0 Å². The normalized spacial score (nSPS) is 17.5. The van der Waals surface area contributed by atoms with E-state index in [1.54, 1.807) is 24.3 Å². The van der Waals surface area contributed by atoms with Gasteiger partial charge in [0, 0.05) is 18.7 Å². The van der Waals surface area contributed by atoms with Crippen molar-refractivity contribution < 1.29 is 13.2 Å². The Morgan fingerprint density at radius 1 is 1.23 bits per heavy atom. The van der Waals surface area contributed by atoms with E-state index in [-0.39, 0.29) is 11.7 Å². The highest BCUT2D eigenvalue weighted by molar-refractivity contribution is 7.92. The fourth-order valence-electron chi connectivity index (χ4n) is 2.43. The van der Waals surface area contributed by atoms with Gasteiger partial charge in [-0.25, -0.2) is 8.42 Å². The summed E-state index contributed by atoms with van der Waals surface area (Å²) in [6, 6.07) is 6.79. The molecule has 0 atom stereocenters. The number of nitrogens with zero attached hydrogens (tertiary/aromatic N) is 1. The van der Waals surface area contributed by atoms with Crippen LogP contribution in [-0.4, -0.2) is 33.2 Å². The van der Waals surface area contributed by atoms with Gasteiger partial charge in [-0.05, 0) is 49.4 Å². The number of anilines is 1. The second-order valence-electron chi connectivity index (χ2n) is 6.08. The minimum absolute atomic E-state index is 0.117. The number of rotatable bonds is 5. The van der Waals surface area contributed by atoms with Gasteiger partial charge in [-0.1, -0.05) is 13.8 Å². The van der Waals surface area contributed by atoms with Gasteiger partial charge in [0.1, 0.15) is 0 Å². The van der Waals surface area contributed by atoms with Crippen LogP contribution in [0.3, 0.4) is 0 Å². The summed E-state index contributed by atoms with van der Waals surface area (Å²) in [4.78, 5) is 12.0. The molecule has 1 aromatic rings. The van der Waals surface area contributed by atoms with Crippen molar-refractivity contribution in [3.05, 3.63) is 29.8 Å². The van der Waals surface area contributed by atoms with Crippen LogP contribution in [0.2, 0.25) is 0 Å². The lowest BCUT2D eigenvalue weighted by Gasteiger charge is -2.28. The van der Waals surface area contributed by atoms with Crippen LogP contribution < -0.4 is 9.62 Å². The number of sulfonamides is 1. The Hall–Kier alpha value is -1.56. The molecule has 5 nitrogen and oxygen atoms in total. The summed E-state index contributed by atoms with van der Waals surface area (Å²) in [5, 5.41) is 2.87. The summed E-state index contributed by atoms with van der Waals surface area (Å²) >= 11 is 0. The fourth-order valence-corrected chi connectivity index (χ4v) is 4.07. The maximum absolute atomic E-state index is 12.1. The standard InChI is InChI=1S/C16H24N2O3S/c1-13(2)9-10-17-16(19)14-5-7-15(8-6-14)18-11-3-4-12-22(18,20)21/h5-8,13H,3-4,9-12H2,1-2H3,(H,17,19). The van der Waals surface area contributed by atoms with E-state index < -0.39 is 10.0 Å². The van der Waals surface area contributed by atoms with Crippen LogP contribution in [0.4, 0.5) is 5.69 Å². The van der Waals surface area contributed by atoms with Crippen LogP contribution in [0, 0.1) is 5.92 Å². The minimum atomic E-state index is -3.20. The zero-order chi connectivity index (χ0) is 16.2. The Morgan fingerprint density at radius 2 is 1.91 bits per heavy atom. The number of carbonyl (C=O) groups is 1. The van der Waals surface area contributed by atoms with Crippen molar-refractivity contribution in [1.82, 2.24) is 5.32 Å². The molecule has 1 fully saturated rings. The molecule has 0 aromatic heterocycles. The predicted octanol–water partition coefficient (Wildman–Crippen LogP) is 2.39. The lowest BCUT2D eigenvalue weighted by atomic mass is 10.1. The van der Waals surface area contributed by atoms with Crippen LogP contribution in [-0.2, 0) is 10.0 Å². The molecule has 0 saturated carbocycles. The Kier molecular flexibility index (Phi) is 5.45. The average molecular weight is 324 g/mol. The quantitative estimate of drug-likeness (QED) is 0.904. The van der Waals surface area contributed by atoms with Crippen molar-refractivity contribution >= 4 is 21.6 Å². The lowest BCUT2D eigenvalue weighted by molar-refractivity contribution is 0.0952. The summed E-state index contributed by atoms with van der Waals surface area (Å²) in [6.07, 6.45) is 2.53. The monoisotopic (exact) mass is 324 g/mol. The van der Waals surface area contributed by atoms with E-state index >= 15 is 0 Å². The molecule has 0 bridgehead atoms. The number of benzene rings is 1. The summed E-state index contributed by atoms with van der Waals surface area (Å²) in [7, 11) is -3.20. The summed E-state index contributed by atoms with van der Waals surface area (Å²) < 4.78 is 25.5. The van der Waals surface area contributed by atoms with E-state index in [0.29, 0.717) is 30.3 Å². The van der Waals surface area contributed by atoms with E-state index in [2.05, 4.69) is 19.2 Å². The van der Waals surface area contributed by atoms with Crippen LogP contribution in [0.25, 0.3) is 0 Å². The Bertz CT molecular complexity index is 609. The molecule has 0 radical (unpaired) electrons. The number of amides is 1. The van der Waals surface area contributed by atoms with Crippen molar-refractivity contribution in [1.29, 1.82) is 0 Å². The summed E-state index contributed by atoms with van der Waals surface area (Å²) in [6.45, 7) is 5.39. The molecule has 2 rings (SSSR count). The van der Waals surface area contributed by atoms with Gasteiger partial charge in [0.15, 0.2) is 0 Å². The molecule has 0 spiro atoms. The van der Waals surface area contributed by atoms with Gasteiger partial charge in [-0.2, -0.15) is 0 Å². The van der Waals surface area contributed by atoms with Crippen molar-refractivity contribution in [3.8, 4) is 0 Å². The second-order valence-corrected chi connectivity index (χ2v) is 8.09. The van der Waals surface area contributed by atoms with E-state index in [9.17, 15) is 13.2 Å². The highest BCUT2D eigenvalue weighted by Crippen LogP contribution is 2.23. The molecule has 22 heavy (non-hydrogen) atoms. The molecule has 1 aliphatic rings. The third-order valence-electron chi connectivity index (χ3n) is 3.77. The largest absolute Gasteiger partial charge is 0.352 e. The van der Waals surface area contributed by atoms with Crippen LogP contribution in [0.1, 0.15) is 43.5 Å². The Labute approximate surface area is 132 Å². The van der Waals surface area contributed by atoms with Crippen molar-refractivity contribution in [3.63, 3.8) is 0 Å². The molecule has 122 valence electrons. The van der Waals surface area contributed by atoms with Gasteiger partial charge in [-0.3, -0.25) is 9.10 Å². The molecule has 1 amide bonds. The first kappa shape index (κ1) is 16.8. The first-order chi connectivity index (χ1) is 10.4. The molecule has 0 unspecified atom stereocenters. The van der Waals surface area contributed by atoms with Crippen LogP contribution in [0.15, 0.2) is 24.3 Å². The molecule has 1 N–H and O–H groups in total. The van der Waals surface area contributed by atoms with E-state index in [1.165, 1.54) is 4.31 Å². The topological polar surface area (TPSA) is 66.5 Å². The van der Waals surface area contributed by atoms with Gasteiger partial charge < -0.3 is 5.32 Å². The third kappa shape index (κ3) is 4.22. The Morgan fingerprint density at radius 3 is 2.50 bits per heavy atom. The highest BCUT2D eigenvalue weighted by Gasteiger charge is 2.25. The molecular weight excluding hydrogens is 300 g/mol. The zero-order valence-corrected chi connectivity index (χ0v) is 14.0. The molecule has 1 aliphatic heterocycles. The fraction of sp³-hybridized carbons (Fsp3) is 0.562. The molecule has 1 saturated heterocycles. The average Bonchev–Trinajstić information content (AvgIpc) is 2.46. The van der Waals surface area contributed by atoms with E-state index in [4.69, 9.17) is 0 Å². The lowest BCUT2D eigenvalue weighted by Crippen LogP contribution is -2.37. The summed E-state index contributed by atoms with van der Waals surface area (Å²) in [5.41, 5.74) is 1.19. The van der Waals surface area contributed by atoms with E-state index in [1.807, 2.05) is 0 Å². The van der Waals surface area contributed by atoms with Crippen molar-refractivity contribution in [2.24, 2.45) is 5.92 Å². The number of hydrogen-bond acceptors (Lipinski definition) is 3. The number of carbonyl (C=O) groups excluding carboxylic acids is 1. The third-order valence-corrected chi connectivity index (χ3v) is 5.64. The molecule has 1 aromatic carbocycles. The Balaban J connectivity index is 2.02. The first-order valence-electron chi connectivity index (χ1n) is 7.79. The summed E-state index contributed by atoms with van der Waals surface area (Å²) in [5.74, 6) is 0.630. The van der Waals surface area contributed by atoms with Crippen LogP contribution in [0.5, 0.6) is 0 Å². The zero-order valence-electron chi connectivity index (χ0n) is 13.2. The van der Waals surface area contributed by atoms with E-state index in [0.717, 1.165) is 19.3 Å². The molecule has 0 aliphatic carbocycles. The molecule has 1 heterocycles. The minimum Gasteiger partial charge on any atom is -0.352 e. The van der Waals surface area contributed by atoms with Crippen molar-refractivity contribution in [2.45, 2.75) is 33.1 Å². The SMILES string of the molecule is CC(C)CCNC(=O)c1ccc(N2CCCCS2(=O)=O)cc1.